The molecule has 0 saturated heterocycles. The van der Waals surface area contributed by atoms with Gasteiger partial charge in [-0.05, 0) is 30.3 Å². The van der Waals surface area contributed by atoms with Gasteiger partial charge in [0.05, 0.1) is 23.2 Å². The number of alkyl halides is 6. The summed E-state index contributed by atoms with van der Waals surface area (Å²) < 4.78 is 120. The second kappa shape index (κ2) is 7.80. The van der Waals surface area contributed by atoms with E-state index in [0.717, 1.165) is 24.5 Å². The highest BCUT2D eigenvalue weighted by molar-refractivity contribution is 7.92. The fourth-order valence-electron chi connectivity index (χ4n) is 3.02. The van der Waals surface area contributed by atoms with E-state index in [1.54, 1.807) is 0 Å². The molecule has 0 amide bonds. The van der Waals surface area contributed by atoms with Gasteiger partial charge in [-0.3, -0.25) is 4.72 Å². The minimum absolute atomic E-state index is 0.189. The number of halogens is 8. The first-order valence-electron chi connectivity index (χ1n) is 8.50. The Morgan fingerprint density at radius 3 is 2.28 bits per heavy atom. The lowest BCUT2D eigenvalue weighted by atomic mass is 9.85. The zero-order valence-corrected chi connectivity index (χ0v) is 17.3. The second-order valence-corrected chi connectivity index (χ2v) is 9.11. The van der Waals surface area contributed by atoms with Crippen molar-refractivity contribution in [3.8, 4) is 0 Å². The Kier molecular flexibility index (Phi) is 5.88. The monoisotopic (exact) mass is 504 g/mol. The van der Waals surface area contributed by atoms with Crippen LogP contribution in [0.2, 0.25) is 5.02 Å². The van der Waals surface area contributed by atoms with Crippen molar-refractivity contribution in [2.75, 3.05) is 11.0 Å². The first-order chi connectivity index (χ1) is 14.5. The van der Waals surface area contributed by atoms with Gasteiger partial charge in [-0.15, -0.1) is 0 Å². The zero-order chi connectivity index (χ0) is 24.1. The number of anilines is 1. The lowest BCUT2D eigenvalue weighted by Gasteiger charge is -2.30. The van der Waals surface area contributed by atoms with E-state index in [9.17, 15) is 39.2 Å². The Labute approximate surface area is 181 Å². The van der Waals surface area contributed by atoms with Crippen molar-refractivity contribution in [3.63, 3.8) is 0 Å². The van der Waals surface area contributed by atoms with Crippen molar-refractivity contribution < 1.29 is 44.0 Å². The summed E-state index contributed by atoms with van der Waals surface area (Å²) in [4.78, 5) is 4.63. The quantitative estimate of drug-likeness (QED) is 0.563. The Hall–Kier alpha value is -2.54. The molecular weight excluding hydrogens is 493 g/mol. The van der Waals surface area contributed by atoms with Crippen LogP contribution in [-0.4, -0.2) is 26.6 Å². The molecule has 5 nitrogen and oxygen atoms in total. The summed E-state index contributed by atoms with van der Waals surface area (Å²) in [6.07, 6.45) is -10.5. The van der Waals surface area contributed by atoms with Gasteiger partial charge in [-0.2, -0.15) is 26.3 Å². The average Bonchev–Trinajstić information content (AvgIpc) is 3.08. The summed E-state index contributed by atoms with van der Waals surface area (Å²) in [5.41, 5.74) is -6.70. The van der Waals surface area contributed by atoms with Crippen molar-refractivity contribution >= 4 is 33.0 Å². The normalized spacial score (nSPS) is 19.5. The first kappa shape index (κ1) is 24.1. The van der Waals surface area contributed by atoms with Crippen molar-refractivity contribution in [2.45, 2.75) is 24.4 Å². The van der Waals surface area contributed by atoms with Gasteiger partial charge in [0.25, 0.3) is 5.60 Å². The number of hydrogen-bond acceptors (Lipinski definition) is 4. The lowest BCUT2D eigenvalue weighted by Crippen LogP contribution is -2.43. The minimum Gasteiger partial charge on any atom is -0.374 e. The van der Waals surface area contributed by atoms with Crippen LogP contribution in [0.1, 0.15) is 23.1 Å². The van der Waals surface area contributed by atoms with Gasteiger partial charge in [0.2, 0.25) is 10.0 Å². The highest BCUT2D eigenvalue weighted by Crippen LogP contribution is 2.50. The largest absolute Gasteiger partial charge is 0.435 e. The van der Waals surface area contributed by atoms with Gasteiger partial charge < -0.3 is 4.84 Å². The van der Waals surface area contributed by atoms with Crippen LogP contribution in [0.25, 0.3) is 0 Å². The minimum atomic E-state index is -5.22. The van der Waals surface area contributed by atoms with Crippen LogP contribution in [0.5, 0.6) is 0 Å². The van der Waals surface area contributed by atoms with Gasteiger partial charge in [-0.25, -0.2) is 12.8 Å². The third kappa shape index (κ3) is 4.77. The molecule has 2 aromatic rings. The van der Waals surface area contributed by atoms with E-state index < -0.39 is 67.8 Å². The van der Waals surface area contributed by atoms with E-state index in [4.69, 9.17) is 11.6 Å². The van der Waals surface area contributed by atoms with Crippen molar-refractivity contribution in [3.05, 3.63) is 63.9 Å². The van der Waals surface area contributed by atoms with Crippen LogP contribution in [0.3, 0.4) is 0 Å². The fraction of sp³-hybridized carbons (Fsp3) is 0.278. The molecule has 0 aliphatic carbocycles. The number of hydrogen-bond donors (Lipinski definition) is 1. The molecule has 0 bridgehead atoms. The van der Waals surface area contributed by atoms with Gasteiger partial charge in [0.1, 0.15) is 5.82 Å². The van der Waals surface area contributed by atoms with Crippen LogP contribution in [-0.2, 0) is 26.6 Å². The highest BCUT2D eigenvalue weighted by atomic mass is 35.5. The van der Waals surface area contributed by atoms with Gasteiger partial charge >= 0.3 is 12.4 Å². The molecule has 1 atom stereocenters. The molecule has 2 aromatic carbocycles. The van der Waals surface area contributed by atoms with E-state index in [0.29, 0.717) is 12.1 Å². The molecule has 1 aliphatic heterocycles. The number of rotatable bonds is 4. The number of benzene rings is 2. The second-order valence-electron chi connectivity index (χ2n) is 6.93. The molecule has 14 heteroatoms. The maximum atomic E-state index is 14.2. The molecular formula is C18H12ClF7N2O3S. The van der Waals surface area contributed by atoms with E-state index in [1.807, 2.05) is 4.72 Å². The summed E-state index contributed by atoms with van der Waals surface area (Å²) in [5, 5.41) is 2.74. The molecule has 0 fully saturated rings. The Balaban J connectivity index is 2.02. The van der Waals surface area contributed by atoms with Gasteiger partial charge in [0.15, 0.2) is 0 Å². The predicted octanol–water partition coefficient (Wildman–Crippen LogP) is 5.45. The fourth-order valence-corrected chi connectivity index (χ4v) is 3.82. The Morgan fingerprint density at radius 1 is 1.09 bits per heavy atom. The molecule has 0 aromatic heterocycles. The molecule has 0 spiro atoms. The summed E-state index contributed by atoms with van der Waals surface area (Å²) in [5.74, 6) is -1.11. The topological polar surface area (TPSA) is 67.8 Å². The Morgan fingerprint density at radius 2 is 1.75 bits per heavy atom. The zero-order valence-electron chi connectivity index (χ0n) is 15.8. The molecule has 1 unspecified atom stereocenters. The van der Waals surface area contributed by atoms with Crippen LogP contribution >= 0.6 is 11.6 Å². The van der Waals surface area contributed by atoms with Crippen LogP contribution in [0.4, 0.5) is 36.4 Å². The Bertz CT molecular complexity index is 1200. The van der Waals surface area contributed by atoms with Crippen molar-refractivity contribution in [1.29, 1.82) is 0 Å². The van der Waals surface area contributed by atoms with Crippen molar-refractivity contribution in [1.82, 2.24) is 0 Å². The van der Waals surface area contributed by atoms with Crippen LogP contribution in [0.15, 0.2) is 41.6 Å². The smallest absolute Gasteiger partial charge is 0.374 e. The molecule has 0 saturated carbocycles. The number of sulfonamides is 1. The molecule has 1 heterocycles. The highest BCUT2D eigenvalue weighted by Gasteiger charge is 2.62. The number of oxime groups is 1. The third-order valence-corrected chi connectivity index (χ3v) is 5.28. The predicted molar refractivity (Wildman–Crippen MR) is 101 cm³/mol. The van der Waals surface area contributed by atoms with E-state index in [-0.39, 0.29) is 11.6 Å². The molecule has 32 heavy (non-hydrogen) atoms. The molecule has 1 N–H and O–H groups in total. The van der Waals surface area contributed by atoms with Gasteiger partial charge in [0, 0.05) is 22.6 Å². The molecule has 0 radical (unpaired) electrons. The lowest BCUT2D eigenvalue weighted by molar-refractivity contribution is -0.276. The SMILES string of the molecule is CS(=O)(=O)Nc1ccc(C2=NOC(c3cc(Cl)cc(C(F)(F)F)c3)(C(F)(F)F)C2)cc1F. The first-order valence-corrected chi connectivity index (χ1v) is 10.8. The standard InChI is InChI=1S/C18H12ClF7N2O3S/c1-32(29,30)28-14-3-2-9(4-13(14)20)15-8-16(31-27-15,18(24,25)26)10-5-11(17(21,22)23)7-12(19)6-10/h2-7,28H,8H2,1H3. The van der Waals surface area contributed by atoms with E-state index in [2.05, 4.69) is 9.99 Å². The van der Waals surface area contributed by atoms with E-state index >= 15 is 0 Å². The number of nitrogens with zero attached hydrogens (tertiary/aromatic N) is 1. The third-order valence-electron chi connectivity index (χ3n) is 4.48. The average molecular weight is 505 g/mol. The number of nitrogens with one attached hydrogen (secondary N) is 1. The summed E-state index contributed by atoms with van der Waals surface area (Å²) >= 11 is 5.62. The molecule has 3 rings (SSSR count). The summed E-state index contributed by atoms with van der Waals surface area (Å²) in [6.45, 7) is 0. The summed E-state index contributed by atoms with van der Waals surface area (Å²) in [6, 6.07) is 4.18. The van der Waals surface area contributed by atoms with E-state index in [1.165, 1.54) is 0 Å². The molecule has 1 aliphatic rings. The van der Waals surface area contributed by atoms with Crippen LogP contribution in [0, 0.1) is 5.82 Å². The maximum absolute atomic E-state index is 14.2. The summed E-state index contributed by atoms with van der Waals surface area (Å²) in [7, 11) is -3.82. The van der Waals surface area contributed by atoms with Crippen LogP contribution < -0.4 is 4.72 Å². The van der Waals surface area contributed by atoms with Gasteiger partial charge in [-0.1, -0.05) is 22.8 Å². The maximum Gasteiger partial charge on any atom is 0.435 e. The van der Waals surface area contributed by atoms with Crippen molar-refractivity contribution in [2.24, 2.45) is 5.16 Å². The molecule has 174 valence electrons.